The Bertz CT molecular complexity index is 750. The number of fused-ring (bicyclic) bond motifs is 5. The lowest BCUT2D eigenvalue weighted by atomic mass is 9.43. The van der Waals surface area contributed by atoms with Gasteiger partial charge in [-0.2, -0.15) is 0 Å². The van der Waals surface area contributed by atoms with Crippen molar-refractivity contribution in [1.29, 1.82) is 0 Å². The Kier molecular flexibility index (Phi) is 7.82. The van der Waals surface area contributed by atoms with Crippen LogP contribution in [0.15, 0.2) is 12.2 Å². The molecule has 4 aliphatic rings. The van der Waals surface area contributed by atoms with Gasteiger partial charge in [0.15, 0.2) is 0 Å². The highest BCUT2D eigenvalue weighted by Gasteiger charge is 2.61. The standard InChI is InChI=1S/C33H56O/c1-9-24(22(4)5)11-10-23(6)27-14-15-28-25-12-13-29-26(20-21(2)3)31(34)17-19-33(29,8)30(25)16-18-32(27,28)7/h22-30H,2,9-20H2,1,3-8H3/t23-,24-,25+,26+,27-,28+,29+,30+,32-,33+/m1/s1. The first-order valence-electron chi connectivity index (χ1n) is 15.2. The Labute approximate surface area is 212 Å². The molecule has 0 N–H and O–H groups in total. The van der Waals surface area contributed by atoms with E-state index in [2.05, 4.69) is 55.0 Å². The van der Waals surface area contributed by atoms with Crippen molar-refractivity contribution in [3.05, 3.63) is 12.2 Å². The molecule has 1 heteroatoms. The van der Waals surface area contributed by atoms with E-state index in [1.807, 2.05) is 0 Å². The van der Waals surface area contributed by atoms with Gasteiger partial charge >= 0.3 is 0 Å². The Morgan fingerprint density at radius 2 is 1.62 bits per heavy atom. The summed E-state index contributed by atoms with van der Waals surface area (Å²) in [5.41, 5.74) is 2.15. The normalized spacial score (nSPS) is 43.7. The number of carbonyl (C=O) groups excluding carboxylic acids is 1. The van der Waals surface area contributed by atoms with Crippen LogP contribution in [0.5, 0.6) is 0 Å². The van der Waals surface area contributed by atoms with Gasteiger partial charge in [0.25, 0.3) is 0 Å². The number of Topliss-reactive ketones (excluding diaryl/α,β-unsaturated/α-hetero) is 1. The maximum Gasteiger partial charge on any atom is 0.136 e. The summed E-state index contributed by atoms with van der Waals surface area (Å²) in [4.78, 5) is 13.0. The van der Waals surface area contributed by atoms with E-state index in [1.54, 1.807) is 0 Å². The fourth-order valence-corrected chi connectivity index (χ4v) is 10.6. The molecule has 4 aliphatic carbocycles. The molecular formula is C33H56O. The molecule has 0 radical (unpaired) electrons. The Balaban J connectivity index is 1.48. The van der Waals surface area contributed by atoms with Crippen LogP contribution in [0.4, 0.5) is 0 Å². The van der Waals surface area contributed by atoms with Crippen molar-refractivity contribution in [3.63, 3.8) is 0 Å². The summed E-state index contributed by atoms with van der Waals surface area (Å²) in [6.45, 7) is 21.5. The SMILES string of the molecule is C=C(C)C[C@@H]1C(=O)CC[C@]2(C)[C@H]3CC[C@]4(C)[C@@H]([C@H](C)CC[C@@H](CC)C(C)C)CC[C@H]4[C@@H]3CC[C@@H]12. The fraction of sp³-hybridized carbons (Fsp3) is 0.909. The van der Waals surface area contributed by atoms with E-state index in [1.165, 1.54) is 63.4 Å². The van der Waals surface area contributed by atoms with Crippen molar-refractivity contribution < 1.29 is 4.79 Å². The highest BCUT2D eigenvalue weighted by Crippen LogP contribution is 2.69. The zero-order chi connectivity index (χ0) is 24.8. The van der Waals surface area contributed by atoms with Crippen LogP contribution in [0, 0.1) is 64.1 Å². The minimum Gasteiger partial charge on any atom is -0.299 e. The molecular weight excluding hydrogens is 412 g/mol. The van der Waals surface area contributed by atoms with Gasteiger partial charge in [0.1, 0.15) is 5.78 Å². The molecule has 0 aromatic carbocycles. The predicted octanol–water partition coefficient (Wildman–Crippen LogP) is 9.51. The average Bonchev–Trinajstić information content (AvgIpc) is 3.13. The second-order valence-corrected chi connectivity index (χ2v) is 14.5. The maximum absolute atomic E-state index is 13.0. The quantitative estimate of drug-likeness (QED) is 0.324. The second-order valence-electron chi connectivity index (χ2n) is 14.5. The van der Waals surface area contributed by atoms with Gasteiger partial charge in [0, 0.05) is 12.3 Å². The van der Waals surface area contributed by atoms with E-state index in [-0.39, 0.29) is 5.92 Å². The van der Waals surface area contributed by atoms with Crippen LogP contribution in [0.25, 0.3) is 0 Å². The topological polar surface area (TPSA) is 17.1 Å². The van der Waals surface area contributed by atoms with Crippen molar-refractivity contribution in [3.8, 4) is 0 Å². The molecule has 0 unspecified atom stereocenters. The molecule has 0 aromatic rings. The van der Waals surface area contributed by atoms with Gasteiger partial charge in [-0.05, 0) is 123 Å². The minimum absolute atomic E-state index is 0.259. The first kappa shape index (κ1) is 26.5. The summed E-state index contributed by atoms with van der Waals surface area (Å²) < 4.78 is 0. The summed E-state index contributed by atoms with van der Waals surface area (Å²) >= 11 is 0. The molecule has 10 atom stereocenters. The number of allylic oxidation sites excluding steroid dienone is 1. The monoisotopic (exact) mass is 468 g/mol. The third-order valence-electron chi connectivity index (χ3n) is 12.5. The molecule has 0 bridgehead atoms. The van der Waals surface area contributed by atoms with E-state index in [4.69, 9.17) is 0 Å². The molecule has 34 heavy (non-hydrogen) atoms. The fourth-order valence-electron chi connectivity index (χ4n) is 10.6. The molecule has 1 nitrogen and oxygen atoms in total. The molecule has 0 amide bonds. The highest BCUT2D eigenvalue weighted by atomic mass is 16.1. The lowest BCUT2D eigenvalue weighted by Gasteiger charge is -2.62. The first-order chi connectivity index (χ1) is 16.0. The molecule has 0 heterocycles. The third-order valence-corrected chi connectivity index (χ3v) is 12.5. The van der Waals surface area contributed by atoms with E-state index in [9.17, 15) is 4.79 Å². The number of hydrogen-bond donors (Lipinski definition) is 0. The molecule has 4 saturated carbocycles. The second kappa shape index (κ2) is 10.0. The number of ketones is 1. The van der Waals surface area contributed by atoms with E-state index >= 15 is 0 Å². The molecule has 0 aliphatic heterocycles. The van der Waals surface area contributed by atoms with E-state index in [0.29, 0.717) is 22.5 Å². The molecule has 4 rings (SSSR count). The van der Waals surface area contributed by atoms with Gasteiger partial charge in [-0.15, -0.1) is 6.58 Å². The molecule has 194 valence electrons. The predicted molar refractivity (Wildman–Crippen MR) is 146 cm³/mol. The van der Waals surface area contributed by atoms with Crippen molar-refractivity contribution in [2.75, 3.05) is 0 Å². The summed E-state index contributed by atoms with van der Waals surface area (Å²) in [5, 5.41) is 0. The Morgan fingerprint density at radius 3 is 2.26 bits per heavy atom. The van der Waals surface area contributed by atoms with Crippen LogP contribution >= 0.6 is 0 Å². The maximum atomic E-state index is 13.0. The van der Waals surface area contributed by atoms with Gasteiger partial charge in [0.05, 0.1) is 0 Å². The van der Waals surface area contributed by atoms with Crippen LogP contribution in [0.1, 0.15) is 126 Å². The van der Waals surface area contributed by atoms with Crippen LogP contribution in [-0.4, -0.2) is 5.78 Å². The lowest BCUT2D eigenvalue weighted by Crippen LogP contribution is -2.56. The molecule has 4 fully saturated rings. The van der Waals surface area contributed by atoms with Gasteiger partial charge in [0.2, 0.25) is 0 Å². The summed E-state index contributed by atoms with van der Waals surface area (Å²) in [6.07, 6.45) is 15.6. The number of rotatable bonds is 8. The lowest BCUT2D eigenvalue weighted by molar-refractivity contribution is -0.152. The van der Waals surface area contributed by atoms with E-state index < -0.39 is 0 Å². The van der Waals surface area contributed by atoms with Crippen LogP contribution in [0.3, 0.4) is 0 Å². The van der Waals surface area contributed by atoms with Crippen molar-refractivity contribution in [2.24, 2.45) is 64.1 Å². The van der Waals surface area contributed by atoms with Crippen molar-refractivity contribution in [2.45, 2.75) is 126 Å². The minimum atomic E-state index is 0.259. The van der Waals surface area contributed by atoms with Crippen LogP contribution in [0.2, 0.25) is 0 Å². The van der Waals surface area contributed by atoms with E-state index in [0.717, 1.165) is 60.7 Å². The zero-order valence-corrected chi connectivity index (χ0v) is 23.8. The van der Waals surface area contributed by atoms with Crippen molar-refractivity contribution in [1.82, 2.24) is 0 Å². The smallest absolute Gasteiger partial charge is 0.136 e. The summed E-state index contributed by atoms with van der Waals surface area (Å²) in [5.74, 6) is 7.64. The van der Waals surface area contributed by atoms with Gasteiger partial charge < -0.3 is 0 Å². The zero-order valence-electron chi connectivity index (χ0n) is 23.8. The van der Waals surface area contributed by atoms with Crippen LogP contribution < -0.4 is 0 Å². The number of carbonyl (C=O) groups is 1. The highest BCUT2D eigenvalue weighted by molar-refractivity contribution is 5.82. The van der Waals surface area contributed by atoms with Gasteiger partial charge in [-0.3, -0.25) is 4.79 Å². The summed E-state index contributed by atoms with van der Waals surface area (Å²) in [6, 6.07) is 0. The average molecular weight is 469 g/mol. The van der Waals surface area contributed by atoms with Gasteiger partial charge in [-0.1, -0.05) is 60.0 Å². The first-order valence-corrected chi connectivity index (χ1v) is 15.2. The molecule has 0 spiro atoms. The largest absolute Gasteiger partial charge is 0.299 e. The Morgan fingerprint density at radius 1 is 0.941 bits per heavy atom. The van der Waals surface area contributed by atoms with Crippen molar-refractivity contribution >= 4 is 5.78 Å². The molecule has 0 aromatic heterocycles. The van der Waals surface area contributed by atoms with Gasteiger partial charge in [-0.25, -0.2) is 0 Å². The Hall–Kier alpha value is -0.590. The third kappa shape index (κ3) is 4.49. The molecule has 0 saturated heterocycles. The summed E-state index contributed by atoms with van der Waals surface area (Å²) in [7, 11) is 0. The van der Waals surface area contributed by atoms with Crippen LogP contribution in [-0.2, 0) is 4.79 Å². The number of hydrogen-bond acceptors (Lipinski definition) is 1.